The maximum atomic E-state index is 6.19. The SMILES string of the molecule is CCc1ccncc1-c1cc2cc(Nc3cnn(C)c3)ncc2c(N)n1. The first-order valence-corrected chi connectivity index (χ1v) is 8.39. The first-order chi connectivity index (χ1) is 12.6. The summed E-state index contributed by atoms with van der Waals surface area (Å²) in [6, 6.07) is 6.00. The number of nitrogens with two attached hydrogens (primary N) is 1. The molecule has 0 fully saturated rings. The van der Waals surface area contributed by atoms with Gasteiger partial charge in [0.2, 0.25) is 0 Å². The van der Waals surface area contributed by atoms with Gasteiger partial charge < -0.3 is 11.1 Å². The minimum absolute atomic E-state index is 0.462. The molecule has 0 radical (unpaired) electrons. The van der Waals surface area contributed by atoms with Gasteiger partial charge in [0.15, 0.2) is 0 Å². The summed E-state index contributed by atoms with van der Waals surface area (Å²) in [4.78, 5) is 13.2. The lowest BCUT2D eigenvalue weighted by Crippen LogP contribution is -1.99. The third-order valence-electron chi connectivity index (χ3n) is 4.29. The van der Waals surface area contributed by atoms with E-state index in [1.54, 1.807) is 23.3 Å². The Morgan fingerprint density at radius 3 is 2.85 bits per heavy atom. The van der Waals surface area contributed by atoms with Gasteiger partial charge in [0.05, 0.1) is 17.6 Å². The zero-order chi connectivity index (χ0) is 18.1. The van der Waals surface area contributed by atoms with Gasteiger partial charge in [-0.15, -0.1) is 0 Å². The van der Waals surface area contributed by atoms with E-state index < -0.39 is 0 Å². The quantitative estimate of drug-likeness (QED) is 0.589. The van der Waals surface area contributed by atoms with Crippen molar-refractivity contribution in [3.63, 3.8) is 0 Å². The lowest BCUT2D eigenvalue weighted by atomic mass is 10.0. The zero-order valence-corrected chi connectivity index (χ0v) is 14.6. The van der Waals surface area contributed by atoms with Crippen LogP contribution >= 0.6 is 0 Å². The summed E-state index contributed by atoms with van der Waals surface area (Å²) in [7, 11) is 1.87. The second-order valence-corrected chi connectivity index (χ2v) is 6.10. The maximum absolute atomic E-state index is 6.19. The fraction of sp³-hybridized carbons (Fsp3) is 0.158. The number of anilines is 3. The summed E-state index contributed by atoms with van der Waals surface area (Å²) >= 11 is 0. The second kappa shape index (κ2) is 6.44. The molecule has 4 aromatic heterocycles. The Morgan fingerprint density at radius 2 is 2.08 bits per heavy atom. The lowest BCUT2D eigenvalue weighted by molar-refractivity contribution is 0.768. The second-order valence-electron chi connectivity index (χ2n) is 6.10. The van der Waals surface area contributed by atoms with Crippen LogP contribution in [0.15, 0.2) is 49.2 Å². The number of fused-ring (bicyclic) bond motifs is 1. The van der Waals surface area contributed by atoms with Crippen molar-refractivity contribution in [3.05, 3.63) is 54.7 Å². The van der Waals surface area contributed by atoms with Crippen molar-refractivity contribution >= 4 is 28.1 Å². The van der Waals surface area contributed by atoms with Crippen molar-refractivity contribution < 1.29 is 0 Å². The molecule has 0 spiro atoms. The Hall–Kier alpha value is -3.48. The molecular formula is C19H19N7. The molecule has 0 saturated carbocycles. The van der Waals surface area contributed by atoms with E-state index in [9.17, 15) is 0 Å². The molecule has 130 valence electrons. The van der Waals surface area contributed by atoms with E-state index in [4.69, 9.17) is 5.73 Å². The van der Waals surface area contributed by atoms with Crippen molar-refractivity contribution in [2.24, 2.45) is 7.05 Å². The predicted octanol–water partition coefficient (Wildman–Crippen LogP) is 3.31. The summed E-state index contributed by atoms with van der Waals surface area (Å²) in [5, 5.41) is 9.20. The van der Waals surface area contributed by atoms with Crippen molar-refractivity contribution in [2.75, 3.05) is 11.1 Å². The van der Waals surface area contributed by atoms with E-state index >= 15 is 0 Å². The number of rotatable bonds is 4. The van der Waals surface area contributed by atoms with Gasteiger partial charge in [-0.3, -0.25) is 9.67 Å². The van der Waals surface area contributed by atoms with Gasteiger partial charge in [-0.2, -0.15) is 5.10 Å². The average Bonchev–Trinajstić information content (AvgIpc) is 3.06. The summed E-state index contributed by atoms with van der Waals surface area (Å²) in [5.74, 6) is 1.19. The topological polar surface area (TPSA) is 94.5 Å². The van der Waals surface area contributed by atoms with Crippen LogP contribution in [0.2, 0.25) is 0 Å². The molecule has 26 heavy (non-hydrogen) atoms. The van der Waals surface area contributed by atoms with E-state index in [0.29, 0.717) is 5.82 Å². The van der Waals surface area contributed by atoms with Crippen LogP contribution < -0.4 is 11.1 Å². The van der Waals surface area contributed by atoms with Gasteiger partial charge in [-0.25, -0.2) is 9.97 Å². The summed E-state index contributed by atoms with van der Waals surface area (Å²) in [5.41, 5.74) is 10.1. The van der Waals surface area contributed by atoms with E-state index in [1.807, 2.05) is 37.6 Å². The number of hydrogen-bond acceptors (Lipinski definition) is 6. The molecule has 4 rings (SSSR count). The molecule has 0 aliphatic heterocycles. The number of hydrogen-bond donors (Lipinski definition) is 2. The molecule has 0 aliphatic carbocycles. The van der Waals surface area contributed by atoms with Gasteiger partial charge in [-0.1, -0.05) is 6.92 Å². The van der Waals surface area contributed by atoms with Gasteiger partial charge in [-0.05, 0) is 35.6 Å². The number of aromatic nitrogens is 5. The van der Waals surface area contributed by atoms with E-state index in [2.05, 4.69) is 32.3 Å². The third-order valence-corrected chi connectivity index (χ3v) is 4.29. The van der Waals surface area contributed by atoms with Crippen LogP contribution in [0.25, 0.3) is 22.0 Å². The fourth-order valence-corrected chi connectivity index (χ4v) is 2.98. The molecule has 0 atom stereocenters. The molecule has 0 aliphatic rings. The van der Waals surface area contributed by atoms with Crippen LogP contribution in [0, 0.1) is 0 Å². The highest BCUT2D eigenvalue weighted by Crippen LogP contribution is 2.29. The summed E-state index contributed by atoms with van der Waals surface area (Å²) in [6.45, 7) is 2.11. The van der Waals surface area contributed by atoms with Gasteiger partial charge >= 0.3 is 0 Å². The molecule has 7 heteroatoms. The normalized spacial score (nSPS) is 11.0. The highest BCUT2D eigenvalue weighted by Gasteiger charge is 2.10. The predicted molar refractivity (Wildman–Crippen MR) is 103 cm³/mol. The monoisotopic (exact) mass is 345 g/mol. The molecule has 7 nitrogen and oxygen atoms in total. The minimum Gasteiger partial charge on any atom is -0.383 e. The maximum Gasteiger partial charge on any atom is 0.133 e. The smallest absolute Gasteiger partial charge is 0.133 e. The Balaban J connectivity index is 1.79. The molecular weight excluding hydrogens is 326 g/mol. The number of aryl methyl sites for hydroxylation is 2. The largest absolute Gasteiger partial charge is 0.383 e. The average molecular weight is 345 g/mol. The molecule has 0 unspecified atom stereocenters. The standard InChI is InChI=1S/C19H19N7/c1-3-12-4-5-21-9-15(12)17-6-13-7-18(22-10-16(13)19(20)25-17)24-14-8-23-26(2)11-14/h4-11H,3H2,1-2H3,(H2,20,25)(H,22,24). The van der Waals surface area contributed by atoms with Gasteiger partial charge in [0.25, 0.3) is 0 Å². The van der Waals surface area contributed by atoms with Crippen LogP contribution in [0.5, 0.6) is 0 Å². The highest BCUT2D eigenvalue weighted by atomic mass is 15.3. The summed E-state index contributed by atoms with van der Waals surface area (Å²) in [6.07, 6.45) is 9.92. The van der Waals surface area contributed by atoms with E-state index in [1.165, 1.54) is 5.56 Å². The number of nitrogens with one attached hydrogen (secondary N) is 1. The molecule has 0 aromatic carbocycles. The lowest BCUT2D eigenvalue weighted by Gasteiger charge is -2.10. The molecule has 4 heterocycles. The van der Waals surface area contributed by atoms with Crippen molar-refractivity contribution in [1.29, 1.82) is 0 Å². The van der Waals surface area contributed by atoms with E-state index in [-0.39, 0.29) is 0 Å². The number of nitrogens with zero attached hydrogens (tertiary/aromatic N) is 5. The first kappa shape index (κ1) is 16.0. The molecule has 0 saturated heterocycles. The Bertz CT molecular complexity index is 1080. The first-order valence-electron chi connectivity index (χ1n) is 8.39. The van der Waals surface area contributed by atoms with Gasteiger partial charge in [0, 0.05) is 42.8 Å². The van der Waals surface area contributed by atoms with Crippen LogP contribution in [0.3, 0.4) is 0 Å². The molecule has 4 aromatic rings. The summed E-state index contributed by atoms with van der Waals surface area (Å²) < 4.78 is 1.73. The number of pyridine rings is 3. The van der Waals surface area contributed by atoms with Crippen LogP contribution in [-0.4, -0.2) is 24.7 Å². The Kier molecular flexibility index (Phi) is 3.96. The van der Waals surface area contributed by atoms with Gasteiger partial charge in [0.1, 0.15) is 11.6 Å². The Morgan fingerprint density at radius 1 is 1.19 bits per heavy atom. The van der Waals surface area contributed by atoms with Crippen LogP contribution in [0.1, 0.15) is 12.5 Å². The van der Waals surface area contributed by atoms with Crippen molar-refractivity contribution in [3.8, 4) is 11.3 Å². The molecule has 0 amide bonds. The fourth-order valence-electron chi connectivity index (χ4n) is 2.98. The minimum atomic E-state index is 0.462. The zero-order valence-electron chi connectivity index (χ0n) is 14.6. The third kappa shape index (κ3) is 2.95. The Labute approximate surface area is 150 Å². The van der Waals surface area contributed by atoms with Crippen LogP contribution in [-0.2, 0) is 13.5 Å². The van der Waals surface area contributed by atoms with E-state index in [0.717, 1.165) is 40.0 Å². The molecule has 3 N–H and O–H groups in total. The van der Waals surface area contributed by atoms with Crippen molar-refractivity contribution in [2.45, 2.75) is 13.3 Å². The molecule has 0 bridgehead atoms. The van der Waals surface area contributed by atoms with Crippen LogP contribution in [0.4, 0.5) is 17.3 Å². The van der Waals surface area contributed by atoms with Crippen molar-refractivity contribution in [1.82, 2.24) is 24.7 Å². The highest BCUT2D eigenvalue weighted by molar-refractivity contribution is 5.94. The number of nitrogen functional groups attached to an aromatic ring is 1.